The van der Waals surface area contributed by atoms with Gasteiger partial charge in [-0.2, -0.15) is 0 Å². The minimum Gasteiger partial charge on any atom is -0.860 e. The van der Waals surface area contributed by atoms with Crippen molar-refractivity contribution >= 4 is 12.2 Å². The summed E-state index contributed by atoms with van der Waals surface area (Å²) in [4.78, 5) is 16.2. The minimum absolute atomic E-state index is 0.00264. The molecule has 0 spiro atoms. The first-order chi connectivity index (χ1) is 8.06. The van der Waals surface area contributed by atoms with Crippen LogP contribution in [0.4, 0.5) is 4.39 Å². The summed E-state index contributed by atoms with van der Waals surface area (Å²) in [5.74, 6) is -0.874. The molecule has 0 atom stereocenters. The molecule has 1 aromatic carbocycles. The molecule has 0 saturated heterocycles. The third-order valence-corrected chi connectivity index (χ3v) is 2.50. The highest BCUT2D eigenvalue weighted by Gasteiger charge is 2.03. The van der Waals surface area contributed by atoms with E-state index in [1.807, 2.05) is 0 Å². The van der Waals surface area contributed by atoms with Gasteiger partial charge in [0, 0.05) is 12.0 Å². The molecule has 2 rings (SSSR count). The quantitative estimate of drug-likeness (QED) is 0.789. The van der Waals surface area contributed by atoms with Crippen LogP contribution in [0.25, 0.3) is 0 Å². The first-order valence-electron chi connectivity index (χ1n) is 4.83. The average Bonchev–Trinajstić information content (AvgIpc) is 2.26. The van der Waals surface area contributed by atoms with E-state index >= 15 is 0 Å². The van der Waals surface area contributed by atoms with Crippen LogP contribution in [0.2, 0.25) is 0 Å². The van der Waals surface area contributed by atoms with Gasteiger partial charge in [-0.1, -0.05) is 12.1 Å². The lowest BCUT2D eigenvalue weighted by Crippen LogP contribution is -2.18. The molecule has 4 nitrogen and oxygen atoms in total. The largest absolute Gasteiger partial charge is 0.860 e. The van der Waals surface area contributed by atoms with Crippen LogP contribution in [0.15, 0.2) is 29.1 Å². The Morgan fingerprint density at radius 1 is 1.24 bits per heavy atom. The van der Waals surface area contributed by atoms with Gasteiger partial charge in [0.25, 0.3) is 5.56 Å². The first-order valence-corrected chi connectivity index (χ1v) is 5.24. The molecule has 2 N–H and O–H groups in total. The molecular weight excluding hydrogens is 243 g/mol. The second-order valence-corrected chi connectivity index (χ2v) is 3.93. The summed E-state index contributed by atoms with van der Waals surface area (Å²) < 4.78 is 12.7. The van der Waals surface area contributed by atoms with Crippen LogP contribution < -0.4 is 10.7 Å². The zero-order valence-electron chi connectivity index (χ0n) is 8.62. The number of nitrogens with one attached hydrogen (secondary N) is 2. The lowest BCUT2D eigenvalue weighted by Gasteiger charge is -2.11. The fourth-order valence-corrected chi connectivity index (χ4v) is 1.64. The maximum atomic E-state index is 12.7. The molecule has 0 aliphatic rings. The Hall–Kier alpha value is -1.95. The van der Waals surface area contributed by atoms with Crippen molar-refractivity contribution in [3.63, 3.8) is 0 Å². The third-order valence-electron chi connectivity index (χ3n) is 2.30. The Balaban J connectivity index is 2.40. The van der Waals surface area contributed by atoms with Gasteiger partial charge in [0.15, 0.2) is 4.77 Å². The third kappa shape index (κ3) is 2.59. The van der Waals surface area contributed by atoms with Gasteiger partial charge >= 0.3 is 0 Å². The average molecular weight is 251 g/mol. The summed E-state index contributed by atoms with van der Waals surface area (Å²) in [6, 6.07) is 5.60. The first kappa shape index (κ1) is 11.5. The van der Waals surface area contributed by atoms with E-state index in [-0.39, 0.29) is 22.6 Å². The zero-order valence-corrected chi connectivity index (χ0v) is 9.44. The molecule has 0 saturated carbocycles. The molecule has 0 aliphatic carbocycles. The zero-order chi connectivity index (χ0) is 12.4. The molecule has 0 amide bonds. The van der Waals surface area contributed by atoms with E-state index in [0.29, 0.717) is 5.56 Å². The van der Waals surface area contributed by atoms with E-state index in [1.54, 1.807) is 0 Å². The Bertz CT molecular complexity index is 646. The normalized spacial score (nSPS) is 10.4. The molecule has 1 aromatic heterocycles. The number of benzene rings is 1. The lowest BCUT2D eigenvalue weighted by molar-refractivity contribution is -0.276. The van der Waals surface area contributed by atoms with Crippen LogP contribution >= 0.6 is 12.2 Å². The van der Waals surface area contributed by atoms with Crippen molar-refractivity contribution < 1.29 is 9.50 Å². The van der Waals surface area contributed by atoms with E-state index in [0.717, 1.165) is 0 Å². The summed E-state index contributed by atoms with van der Waals surface area (Å²) in [5, 5.41) is 11.5. The number of aromatic nitrogens is 2. The fraction of sp³-hybridized carbons (Fsp3) is 0.0909. The maximum absolute atomic E-state index is 12.7. The second-order valence-electron chi connectivity index (χ2n) is 3.52. The van der Waals surface area contributed by atoms with Crippen molar-refractivity contribution in [2.24, 2.45) is 0 Å². The molecule has 0 aliphatic heterocycles. The monoisotopic (exact) mass is 251 g/mol. The van der Waals surface area contributed by atoms with Crippen LogP contribution in [0.3, 0.4) is 0 Å². The van der Waals surface area contributed by atoms with Crippen molar-refractivity contribution in [1.82, 2.24) is 9.97 Å². The highest BCUT2D eigenvalue weighted by Crippen LogP contribution is 2.11. The van der Waals surface area contributed by atoms with E-state index in [2.05, 4.69) is 22.2 Å². The van der Waals surface area contributed by atoms with Crippen LogP contribution in [0.1, 0.15) is 11.1 Å². The fourth-order valence-electron chi connectivity index (χ4n) is 1.46. The van der Waals surface area contributed by atoms with Crippen LogP contribution in [0, 0.1) is 10.6 Å². The van der Waals surface area contributed by atoms with Gasteiger partial charge in [-0.05, 0) is 35.8 Å². The number of H-pyrrole nitrogens is 2. The lowest BCUT2D eigenvalue weighted by atomic mass is 10.1. The standard InChI is InChI=1S/C11H9FN2O2S/c12-7-3-1-6(2-4-7)5-8-9(15)13-11(17)14-10(8)16/h1-4H,5H2,(H3,13,14,15,16,17)/p-1. The molecule has 88 valence electrons. The van der Waals surface area contributed by atoms with Gasteiger partial charge in [0.1, 0.15) is 5.82 Å². The van der Waals surface area contributed by atoms with Gasteiger partial charge in [0.2, 0.25) is 0 Å². The van der Waals surface area contributed by atoms with Crippen LogP contribution in [-0.2, 0) is 6.42 Å². The molecule has 17 heavy (non-hydrogen) atoms. The van der Waals surface area contributed by atoms with Crippen molar-refractivity contribution in [3.05, 3.63) is 56.3 Å². The predicted octanol–water partition coefficient (Wildman–Crippen LogP) is 1.24. The summed E-state index contributed by atoms with van der Waals surface area (Å²) in [5.41, 5.74) is 0.229. The highest BCUT2D eigenvalue weighted by atomic mass is 32.1. The van der Waals surface area contributed by atoms with Crippen LogP contribution in [-0.4, -0.2) is 9.97 Å². The number of aromatic amines is 2. The van der Waals surface area contributed by atoms with E-state index in [4.69, 9.17) is 0 Å². The number of hydrogen-bond donors (Lipinski definition) is 2. The molecule has 6 heteroatoms. The summed E-state index contributed by atoms with van der Waals surface area (Å²) >= 11 is 4.67. The minimum atomic E-state index is -0.511. The van der Waals surface area contributed by atoms with Crippen molar-refractivity contribution in [2.75, 3.05) is 0 Å². The van der Waals surface area contributed by atoms with E-state index in [1.165, 1.54) is 24.3 Å². The summed E-state index contributed by atoms with van der Waals surface area (Å²) in [6.07, 6.45) is 0.139. The molecule has 0 unspecified atom stereocenters. The Kier molecular flexibility index (Phi) is 3.06. The van der Waals surface area contributed by atoms with Crippen molar-refractivity contribution in [2.45, 2.75) is 6.42 Å². The molecule has 0 bridgehead atoms. The summed E-state index contributed by atoms with van der Waals surface area (Å²) in [6.45, 7) is 0. The van der Waals surface area contributed by atoms with E-state index in [9.17, 15) is 14.3 Å². The number of rotatable bonds is 2. The Labute approximate surface area is 101 Å². The van der Waals surface area contributed by atoms with Gasteiger partial charge in [-0.15, -0.1) is 0 Å². The van der Waals surface area contributed by atoms with Gasteiger partial charge in [-0.3, -0.25) is 9.78 Å². The van der Waals surface area contributed by atoms with E-state index < -0.39 is 11.4 Å². The van der Waals surface area contributed by atoms with Gasteiger partial charge in [-0.25, -0.2) is 4.39 Å². The molecule has 0 fully saturated rings. The predicted molar refractivity (Wildman–Crippen MR) is 60.9 cm³/mol. The topological polar surface area (TPSA) is 71.7 Å². The molecular formula is C11H8FN2O2S-. The van der Waals surface area contributed by atoms with Crippen molar-refractivity contribution in [1.29, 1.82) is 0 Å². The smallest absolute Gasteiger partial charge is 0.254 e. The maximum Gasteiger partial charge on any atom is 0.254 e. The SMILES string of the molecule is O=c1[nH]c(=S)[nH]c([O-])c1Cc1ccc(F)cc1. The molecule has 0 radical (unpaired) electrons. The highest BCUT2D eigenvalue weighted by molar-refractivity contribution is 7.71. The summed E-state index contributed by atoms with van der Waals surface area (Å²) in [7, 11) is 0. The molecule has 1 heterocycles. The Morgan fingerprint density at radius 2 is 1.88 bits per heavy atom. The van der Waals surface area contributed by atoms with Crippen LogP contribution in [0.5, 0.6) is 5.88 Å². The Morgan fingerprint density at radius 3 is 2.47 bits per heavy atom. The van der Waals surface area contributed by atoms with Crippen molar-refractivity contribution in [3.8, 4) is 5.88 Å². The molecule has 2 aromatic rings. The number of halogens is 1. The second kappa shape index (κ2) is 4.50. The van der Waals surface area contributed by atoms with Gasteiger partial charge in [0.05, 0.1) is 0 Å². The number of hydrogen-bond acceptors (Lipinski definition) is 3. The van der Waals surface area contributed by atoms with Gasteiger partial charge < -0.3 is 10.1 Å².